The third kappa shape index (κ3) is 2.85. The molecule has 7 atom stereocenters. The van der Waals surface area contributed by atoms with Crippen LogP contribution < -0.4 is 0 Å². The molecule has 0 radical (unpaired) electrons. The van der Waals surface area contributed by atoms with Gasteiger partial charge in [-0.2, -0.15) is 0 Å². The van der Waals surface area contributed by atoms with E-state index in [2.05, 4.69) is 13.8 Å². The number of hydrogen-bond acceptors (Lipinski definition) is 4. The molecule has 0 aromatic rings. The van der Waals surface area contributed by atoms with Gasteiger partial charge in [-0.25, -0.2) is 0 Å². The van der Waals surface area contributed by atoms with E-state index in [9.17, 15) is 9.59 Å². The predicted molar refractivity (Wildman–Crippen MR) is 115 cm³/mol. The van der Waals surface area contributed by atoms with Crippen molar-refractivity contribution in [2.75, 3.05) is 6.61 Å². The van der Waals surface area contributed by atoms with Gasteiger partial charge in [0.2, 0.25) is 0 Å². The normalized spacial score (nSPS) is 48.4. The fourth-order valence-corrected chi connectivity index (χ4v) is 8.44. The lowest BCUT2D eigenvalue weighted by Crippen LogP contribution is -2.59. The molecule has 30 heavy (non-hydrogen) atoms. The lowest BCUT2D eigenvalue weighted by atomic mass is 9.46. The van der Waals surface area contributed by atoms with Crippen molar-refractivity contribution < 1.29 is 19.1 Å². The van der Waals surface area contributed by atoms with E-state index < -0.39 is 5.60 Å². The number of ketones is 2. The molecular formula is C26H38O4. The summed E-state index contributed by atoms with van der Waals surface area (Å²) in [7, 11) is 0. The van der Waals surface area contributed by atoms with Crippen LogP contribution in [0.1, 0.15) is 91.4 Å². The Morgan fingerprint density at radius 3 is 2.57 bits per heavy atom. The van der Waals surface area contributed by atoms with Gasteiger partial charge in [0.25, 0.3) is 0 Å². The number of Topliss-reactive ketones (excluding diaryl/α,β-unsaturated/α-hetero) is 1. The summed E-state index contributed by atoms with van der Waals surface area (Å²) in [6.07, 6.45) is 12.9. The quantitative estimate of drug-likeness (QED) is 0.621. The van der Waals surface area contributed by atoms with Crippen LogP contribution in [0.15, 0.2) is 11.6 Å². The minimum absolute atomic E-state index is 0.108. The summed E-state index contributed by atoms with van der Waals surface area (Å²) < 4.78 is 12.6. The number of carbonyl (C=O) groups is 2. The molecule has 5 aliphatic rings. The Labute approximate surface area is 181 Å². The molecular weight excluding hydrogens is 376 g/mol. The van der Waals surface area contributed by atoms with Gasteiger partial charge in [-0.3, -0.25) is 9.59 Å². The van der Waals surface area contributed by atoms with E-state index in [1.807, 2.05) is 6.08 Å². The van der Waals surface area contributed by atoms with Crippen LogP contribution in [0.3, 0.4) is 0 Å². The van der Waals surface area contributed by atoms with Gasteiger partial charge in [0.05, 0.1) is 0 Å². The second kappa shape index (κ2) is 7.27. The molecule has 166 valence electrons. The summed E-state index contributed by atoms with van der Waals surface area (Å²) in [4.78, 5) is 25.2. The minimum atomic E-state index is -0.690. The van der Waals surface area contributed by atoms with Gasteiger partial charge in [-0.05, 0) is 100 Å². The molecule has 3 saturated carbocycles. The molecule has 5 rings (SSSR count). The number of carbonyl (C=O) groups excluding carboxylic acids is 2. The Bertz CT molecular complexity index is 765. The van der Waals surface area contributed by atoms with E-state index in [4.69, 9.17) is 9.47 Å². The smallest absolute Gasteiger partial charge is 0.162 e. The van der Waals surface area contributed by atoms with E-state index in [1.165, 1.54) is 5.57 Å². The second-order valence-electron chi connectivity index (χ2n) is 11.3. The van der Waals surface area contributed by atoms with E-state index in [0.29, 0.717) is 30.0 Å². The summed E-state index contributed by atoms with van der Waals surface area (Å²) in [5.74, 6) is 2.32. The monoisotopic (exact) mass is 414 g/mol. The van der Waals surface area contributed by atoms with Crippen LogP contribution in [0, 0.1) is 28.6 Å². The molecule has 4 fully saturated rings. The number of hydrogen-bond donors (Lipinski definition) is 0. The topological polar surface area (TPSA) is 52.6 Å². The first kappa shape index (κ1) is 20.9. The summed E-state index contributed by atoms with van der Waals surface area (Å²) in [6.45, 7) is 7.27. The Morgan fingerprint density at radius 2 is 1.83 bits per heavy atom. The number of ether oxygens (including phenoxy) is 2. The molecule has 0 bridgehead atoms. The first-order valence-electron chi connectivity index (χ1n) is 12.3. The van der Waals surface area contributed by atoms with Crippen LogP contribution in [0.2, 0.25) is 0 Å². The molecule has 0 spiro atoms. The average molecular weight is 415 g/mol. The summed E-state index contributed by atoms with van der Waals surface area (Å²) in [6, 6.07) is 0. The lowest BCUT2D eigenvalue weighted by molar-refractivity contribution is -0.253. The maximum Gasteiger partial charge on any atom is 0.162 e. The van der Waals surface area contributed by atoms with Crippen molar-refractivity contribution in [1.29, 1.82) is 0 Å². The Balaban J connectivity index is 1.45. The van der Waals surface area contributed by atoms with Gasteiger partial charge in [0, 0.05) is 18.4 Å². The van der Waals surface area contributed by atoms with Crippen molar-refractivity contribution >= 4 is 11.6 Å². The molecule has 4 unspecified atom stereocenters. The predicted octanol–water partition coefficient (Wildman–Crippen LogP) is 5.39. The Hall–Kier alpha value is -1.00. The van der Waals surface area contributed by atoms with Crippen LogP contribution >= 0.6 is 0 Å². The standard InChI is InChI=1S/C26H38O4/c1-17(27)26(30-23-6-4-5-15-29-23)14-11-22-20-8-7-18-16-19(28)9-12-24(18,2)21(20)10-13-25(22,26)3/h16,20-23H,4-15H2,1-3H3/t20?,21?,22?,23?,24-,25-,26-/m0/s1. The molecule has 0 aromatic heterocycles. The molecule has 4 nitrogen and oxygen atoms in total. The molecule has 0 amide bonds. The zero-order valence-corrected chi connectivity index (χ0v) is 19.0. The molecule has 1 aliphatic heterocycles. The third-order valence-electron chi connectivity index (χ3n) is 10.1. The highest BCUT2D eigenvalue weighted by atomic mass is 16.7. The molecule has 1 heterocycles. The zero-order chi connectivity index (χ0) is 21.1. The van der Waals surface area contributed by atoms with Gasteiger partial charge in [-0.1, -0.05) is 19.4 Å². The average Bonchev–Trinajstić information content (AvgIpc) is 3.03. The van der Waals surface area contributed by atoms with Gasteiger partial charge < -0.3 is 9.47 Å². The highest BCUT2D eigenvalue weighted by Crippen LogP contribution is 2.68. The van der Waals surface area contributed by atoms with E-state index in [-0.39, 0.29) is 22.9 Å². The number of allylic oxidation sites excluding steroid dienone is 1. The van der Waals surface area contributed by atoms with Crippen molar-refractivity contribution in [2.24, 2.45) is 28.6 Å². The van der Waals surface area contributed by atoms with Crippen molar-refractivity contribution in [2.45, 2.75) is 103 Å². The summed E-state index contributed by atoms with van der Waals surface area (Å²) in [5, 5.41) is 0. The van der Waals surface area contributed by atoms with Crippen LogP contribution in [-0.4, -0.2) is 30.1 Å². The van der Waals surface area contributed by atoms with Crippen LogP contribution in [-0.2, 0) is 19.1 Å². The maximum absolute atomic E-state index is 13.2. The van der Waals surface area contributed by atoms with Crippen molar-refractivity contribution in [3.05, 3.63) is 11.6 Å². The minimum Gasteiger partial charge on any atom is -0.353 e. The van der Waals surface area contributed by atoms with Crippen molar-refractivity contribution in [3.63, 3.8) is 0 Å². The highest BCUT2D eigenvalue weighted by molar-refractivity contribution is 5.91. The van der Waals surface area contributed by atoms with Gasteiger partial charge in [0.1, 0.15) is 5.60 Å². The van der Waals surface area contributed by atoms with Crippen molar-refractivity contribution in [1.82, 2.24) is 0 Å². The second-order valence-corrected chi connectivity index (χ2v) is 11.3. The van der Waals surface area contributed by atoms with Crippen molar-refractivity contribution in [3.8, 4) is 0 Å². The van der Waals surface area contributed by atoms with Crippen LogP contribution in [0.4, 0.5) is 0 Å². The largest absolute Gasteiger partial charge is 0.353 e. The maximum atomic E-state index is 13.2. The van der Waals surface area contributed by atoms with Gasteiger partial charge in [0.15, 0.2) is 17.9 Å². The lowest BCUT2D eigenvalue weighted by Gasteiger charge is -2.59. The van der Waals surface area contributed by atoms with Gasteiger partial charge in [-0.15, -0.1) is 0 Å². The number of rotatable bonds is 3. The summed E-state index contributed by atoms with van der Waals surface area (Å²) in [5.41, 5.74) is 0.784. The Morgan fingerprint density at radius 1 is 1.03 bits per heavy atom. The molecule has 0 N–H and O–H groups in total. The van der Waals surface area contributed by atoms with E-state index in [0.717, 1.165) is 70.8 Å². The third-order valence-corrected chi connectivity index (χ3v) is 10.1. The Kier molecular flexibility index (Phi) is 5.06. The fraction of sp³-hybridized carbons (Fsp3) is 0.846. The van der Waals surface area contributed by atoms with E-state index >= 15 is 0 Å². The SMILES string of the molecule is CC(=O)[C@@]1(OC2CCCCO2)CCC2C3CCC4=CC(=O)CC[C@]4(C)C3CC[C@@]21C. The first-order chi connectivity index (χ1) is 14.3. The van der Waals surface area contributed by atoms with E-state index in [1.54, 1.807) is 6.92 Å². The van der Waals surface area contributed by atoms with Gasteiger partial charge >= 0.3 is 0 Å². The molecule has 1 saturated heterocycles. The number of fused-ring (bicyclic) bond motifs is 5. The van der Waals surface area contributed by atoms with Crippen LogP contribution in [0.5, 0.6) is 0 Å². The highest BCUT2D eigenvalue weighted by Gasteiger charge is 2.67. The fourth-order valence-electron chi connectivity index (χ4n) is 8.44. The van der Waals surface area contributed by atoms with Crippen LogP contribution in [0.25, 0.3) is 0 Å². The molecule has 4 aliphatic carbocycles. The molecule has 0 aromatic carbocycles. The zero-order valence-electron chi connectivity index (χ0n) is 19.0. The first-order valence-corrected chi connectivity index (χ1v) is 12.3. The molecule has 4 heteroatoms. The summed E-state index contributed by atoms with van der Waals surface area (Å²) >= 11 is 0.